The lowest BCUT2D eigenvalue weighted by atomic mass is 9.92. The maximum absolute atomic E-state index is 5.09. The molecule has 0 spiro atoms. The van der Waals surface area contributed by atoms with Crippen molar-refractivity contribution in [2.75, 3.05) is 33.3 Å². The van der Waals surface area contributed by atoms with Gasteiger partial charge in [0.25, 0.3) is 0 Å². The fraction of sp³-hybridized carbons (Fsp3) is 0.846. The molecule has 1 heterocycles. The third kappa shape index (κ3) is 4.99. The van der Waals surface area contributed by atoms with Gasteiger partial charge < -0.3 is 15.0 Å². The molecule has 0 aromatic heterocycles. The highest BCUT2D eigenvalue weighted by atomic mass is 16.5. The number of likely N-dealkylation sites (tertiary alicyclic amines) is 1. The zero-order valence-corrected chi connectivity index (χ0v) is 10.7. The largest absolute Gasteiger partial charge is 0.502 e. The van der Waals surface area contributed by atoms with E-state index in [-0.39, 0.29) is 0 Å². The Balaban J connectivity index is 2.08. The van der Waals surface area contributed by atoms with Gasteiger partial charge in [-0.2, -0.15) is 0 Å². The second-order valence-electron chi connectivity index (χ2n) is 4.80. The molecule has 1 fully saturated rings. The maximum Gasteiger partial charge on any atom is 0.0885 e. The van der Waals surface area contributed by atoms with Crippen LogP contribution < -0.4 is 5.32 Å². The van der Waals surface area contributed by atoms with E-state index in [0.717, 1.165) is 25.5 Å². The van der Waals surface area contributed by atoms with Crippen LogP contribution >= 0.6 is 0 Å². The molecule has 0 aliphatic carbocycles. The van der Waals surface area contributed by atoms with Crippen LogP contribution in [0.15, 0.2) is 12.8 Å². The molecule has 0 aromatic rings. The van der Waals surface area contributed by atoms with Gasteiger partial charge in [0.2, 0.25) is 0 Å². The molecule has 3 nitrogen and oxygen atoms in total. The van der Waals surface area contributed by atoms with E-state index in [4.69, 9.17) is 4.74 Å². The van der Waals surface area contributed by atoms with Crippen LogP contribution in [0.4, 0.5) is 0 Å². The standard InChI is InChI=1S/C13H26N2O/c1-4-16-10-6-8-14-12(2)13-7-5-9-15(3)11-13/h4,12-14H,1,5-11H2,2-3H3. The lowest BCUT2D eigenvalue weighted by Crippen LogP contribution is -2.43. The molecule has 0 aromatic carbocycles. The van der Waals surface area contributed by atoms with Crippen molar-refractivity contribution in [3.8, 4) is 0 Å². The minimum atomic E-state index is 0.617. The lowest BCUT2D eigenvalue weighted by molar-refractivity contribution is 0.176. The SMILES string of the molecule is C=COCCCNC(C)C1CCCN(C)C1. The van der Waals surface area contributed by atoms with Crippen molar-refractivity contribution in [1.82, 2.24) is 10.2 Å². The van der Waals surface area contributed by atoms with Crippen LogP contribution in [0.3, 0.4) is 0 Å². The van der Waals surface area contributed by atoms with Gasteiger partial charge in [-0.1, -0.05) is 6.58 Å². The van der Waals surface area contributed by atoms with Crippen LogP contribution in [0.5, 0.6) is 0 Å². The van der Waals surface area contributed by atoms with Gasteiger partial charge in [0, 0.05) is 12.6 Å². The van der Waals surface area contributed by atoms with Gasteiger partial charge in [-0.3, -0.25) is 0 Å². The minimum absolute atomic E-state index is 0.617. The Labute approximate surface area is 99.8 Å². The highest BCUT2D eigenvalue weighted by molar-refractivity contribution is 4.78. The molecule has 1 N–H and O–H groups in total. The Hall–Kier alpha value is -0.540. The Kier molecular flexibility index (Phi) is 6.50. The second kappa shape index (κ2) is 7.69. The molecule has 0 saturated carbocycles. The van der Waals surface area contributed by atoms with E-state index in [9.17, 15) is 0 Å². The summed E-state index contributed by atoms with van der Waals surface area (Å²) in [5, 5.41) is 3.59. The predicted molar refractivity (Wildman–Crippen MR) is 68.5 cm³/mol. The van der Waals surface area contributed by atoms with Gasteiger partial charge in [-0.25, -0.2) is 0 Å². The zero-order chi connectivity index (χ0) is 11.8. The summed E-state index contributed by atoms with van der Waals surface area (Å²) in [6.07, 6.45) is 5.27. The Bertz CT molecular complexity index is 196. The highest BCUT2D eigenvalue weighted by Crippen LogP contribution is 2.18. The van der Waals surface area contributed by atoms with Crippen molar-refractivity contribution in [2.24, 2.45) is 5.92 Å². The van der Waals surface area contributed by atoms with Crippen molar-refractivity contribution in [3.63, 3.8) is 0 Å². The first-order valence-corrected chi connectivity index (χ1v) is 6.38. The molecule has 3 heteroatoms. The summed E-state index contributed by atoms with van der Waals surface area (Å²) in [4.78, 5) is 2.44. The van der Waals surface area contributed by atoms with Crippen LogP contribution in [0.1, 0.15) is 26.2 Å². The summed E-state index contributed by atoms with van der Waals surface area (Å²) < 4.78 is 5.09. The summed E-state index contributed by atoms with van der Waals surface area (Å²) in [5.74, 6) is 0.805. The molecule has 0 radical (unpaired) electrons. The molecule has 1 aliphatic heterocycles. The number of rotatable bonds is 7. The van der Waals surface area contributed by atoms with E-state index in [0.29, 0.717) is 6.04 Å². The van der Waals surface area contributed by atoms with E-state index in [2.05, 4.69) is 30.8 Å². The van der Waals surface area contributed by atoms with Crippen LogP contribution in [-0.4, -0.2) is 44.2 Å². The molecule has 1 aliphatic rings. The van der Waals surface area contributed by atoms with Gasteiger partial charge in [-0.15, -0.1) is 0 Å². The van der Waals surface area contributed by atoms with Crippen molar-refractivity contribution in [2.45, 2.75) is 32.2 Å². The van der Waals surface area contributed by atoms with E-state index in [1.165, 1.54) is 32.2 Å². The zero-order valence-electron chi connectivity index (χ0n) is 10.7. The van der Waals surface area contributed by atoms with Gasteiger partial charge in [-0.05, 0) is 52.2 Å². The smallest absolute Gasteiger partial charge is 0.0885 e. The second-order valence-corrected chi connectivity index (χ2v) is 4.80. The third-order valence-corrected chi connectivity index (χ3v) is 3.39. The number of hydrogen-bond acceptors (Lipinski definition) is 3. The van der Waals surface area contributed by atoms with Crippen LogP contribution in [0.25, 0.3) is 0 Å². The molecule has 2 unspecified atom stereocenters. The average Bonchev–Trinajstić information content (AvgIpc) is 2.28. The summed E-state index contributed by atoms with van der Waals surface area (Å²) in [6, 6.07) is 0.617. The molecular formula is C13H26N2O. The summed E-state index contributed by atoms with van der Waals surface area (Å²) >= 11 is 0. The van der Waals surface area contributed by atoms with Crippen molar-refractivity contribution < 1.29 is 4.74 Å². The molecular weight excluding hydrogens is 200 g/mol. The normalized spacial score (nSPS) is 24.0. The number of piperidine rings is 1. The first-order valence-electron chi connectivity index (χ1n) is 6.38. The van der Waals surface area contributed by atoms with Crippen molar-refractivity contribution in [3.05, 3.63) is 12.8 Å². The summed E-state index contributed by atoms with van der Waals surface area (Å²) in [7, 11) is 2.22. The number of nitrogens with one attached hydrogen (secondary N) is 1. The Morgan fingerprint density at radius 3 is 3.12 bits per heavy atom. The molecule has 2 atom stereocenters. The Morgan fingerprint density at radius 1 is 1.62 bits per heavy atom. The lowest BCUT2D eigenvalue weighted by Gasteiger charge is -2.34. The number of nitrogens with zero attached hydrogens (tertiary/aromatic N) is 1. The van der Waals surface area contributed by atoms with Crippen molar-refractivity contribution in [1.29, 1.82) is 0 Å². The Morgan fingerprint density at radius 2 is 2.44 bits per heavy atom. The van der Waals surface area contributed by atoms with E-state index in [1.54, 1.807) is 0 Å². The van der Waals surface area contributed by atoms with Gasteiger partial charge in [0.05, 0.1) is 12.9 Å². The van der Waals surface area contributed by atoms with Crippen molar-refractivity contribution >= 4 is 0 Å². The van der Waals surface area contributed by atoms with Crippen LogP contribution in [-0.2, 0) is 4.74 Å². The highest BCUT2D eigenvalue weighted by Gasteiger charge is 2.21. The predicted octanol–water partition coefficient (Wildman–Crippen LogP) is 1.86. The first kappa shape index (κ1) is 13.5. The number of ether oxygens (including phenoxy) is 1. The molecule has 0 bridgehead atoms. The van der Waals surface area contributed by atoms with E-state index < -0.39 is 0 Å². The van der Waals surface area contributed by atoms with Gasteiger partial charge in [0.1, 0.15) is 0 Å². The first-order chi connectivity index (χ1) is 7.74. The quantitative estimate of drug-likeness (QED) is 0.530. The van der Waals surface area contributed by atoms with Gasteiger partial charge >= 0.3 is 0 Å². The van der Waals surface area contributed by atoms with Crippen LogP contribution in [0.2, 0.25) is 0 Å². The third-order valence-electron chi connectivity index (χ3n) is 3.39. The fourth-order valence-electron chi connectivity index (χ4n) is 2.35. The van der Waals surface area contributed by atoms with Gasteiger partial charge in [0.15, 0.2) is 0 Å². The molecule has 16 heavy (non-hydrogen) atoms. The fourth-order valence-corrected chi connectivity index (χ4v) is 2.35. The summed E-state index contributed by atoms with van der Waals surface area (Å²) in [6.45, 7) is 10.1. The average molecular weight is 226 g/mol. The topological polar surface area (TPSA) is 24.5 Å². The monoisotopic (exact) mass is 226 g/mol. The number of hydrogen-bond donors (Lipinski definition) is 1. The van der Waals surface area contributed by atoms with E-state index in [1.807, 2.05) is 0 Å². The maximum atomic E-state index is 5.09. The van der Waals surface area contributed by atoms with E-state index >= 15 is 0 Å². The molecule has 0 amide bonds. The molecule has 1 saturated heterocycles. The molecule has 94 valence electrons. The molecule has 1 rings (SSSR count). The van der Waals surface area contributed by atoms with Crippen LogP contribution in [0, 0.1) is 5.92 Å². The summed E-state index contributed by atoms with van der Waals surface area (Å²) in [5.41, 5.74) is 0. The minimum Gasteiger partial charge on any atom is -0.502 e.